The van der Waals surface area contributed by atoms with Crippen LogP contribution in [0, 0.1) is 0 Å². The number of urea groups is 1. The SMILES string of the molecule is CC(C)NC(=O)N1[C@@H](CO)[C@@H](c2ccccc2)C12CN(C(=O)Cc1ccccc1)C2. The lowest BCUT2D eigenvalue weighted by molar-refractivity contribution is -0.176. The van der Waals surface area contributed by atoms with Crippen molar-refractivity contribution in [3.63, 3.8) is 0 Å². The lowest BCUT2D eigenvalue weighted by Crippen LogP contribution is -2.86. The minimum atomic E-state index is -0.472. The molecule has 2 heterocycles. The van der Waals surface area contributed by atoms with Crippen LogP contribution in [-0.4, -0.2) is 64.2 Å². The zero-order valence-electron chi connectivity index (χ0n) is 17.5. The number of carbonyl (C=O) groups is 2. The maximum atomic E-state index is 13.0. The number of carbonyl (C=O) groups excluding carboxylic acids is 2. The Hall–Kier alpha value is -2.86. The van der Waals surface area contributed by atoms with Gasteiger partial charge in [0.25, 0.3) is 0 Å². The third-order valence-corrected chi connectivity index (χ3v) is 6.23. The molecule has 30 heavy (non-hydrogen) atoms. The molecular formula is C24H29N3O3. The van der Waals surface area contributed by atoms with E-state index in [2.05, 4.69) is 5.32 Å². The largest absolute Gasteiger partial charge is 0.394 e. The second-order valence-electron chi connectivity index (χ2n) is 8.63. The van der Waals surface area contributed by atoms with Gasteiger partial charge in [-0.05, 0) is 25.0 Å². The number of nitrogens with one attached hydrogen (secondary N) is 1. The first-order chi connectivity index (χ1) is 14.5. The number of hydrogen-bond donors (Lipinski definition) is 2. The summed E-state index contributed by atoms with van der Waals surface area (Å²) in [5, 5.41) is 13.1. The smallest absolute Gasteiger partial charge is 0.318 e. The molecule has 2 aliphatic rings. The highest BCUT2D eigenvalue weighted by molar-refractivity contribution is 5.83. The lowest BCUT2D eigenvalue weighted by atomic mass is 9.61. The number of amides is 3. The van der Waals surface area contributed by atoms with Crippen molar-refractivity contribution in [3.8, 4) is 0 Å². The highest BCUT2D eigenvalue weighted by atomic mass is 16.3. The molecule has 2 aromatic rings. The topological polar surface area (TPSA) is 72.9 Å². The fraction of sp³-hybridized carbons (Fsp3) is 0.417. The molecule has 2 atom stereocenters. The van der Waals surface area contributed by atoms with E-state index in [0.717, 1.165) is 11.1 Å². The van der Waals surface area contributed by atoms with Crippen LogP contribution < -0.4 is 5.32 Å². The fourth-order valence-electron chi connectivity index (χ4n) is 4.98. The van der Waals surface area contributed by atoms with E-state index in [1.54, 1.807) is 4.90 Å². The molecule has 0 unspecified atom stereocenters. The summed E-state index contributed by atoms with van der Waals surface area (Å²) < 4.78 is 0. The molecule has 2 fully saturated rings. The molecule has 0 aromatic heterocycles. The van der Waals surface area contributed by atoms with Gasteiger partial charge < -0.3 is 20.2 Å². The number of aliphatic hydroxyl groups is 1. The van der Waals surface area contributed by atoms with Gasteiger partial charge in [-0.3, -0.25) is 4.79 Å². The minimum absolute atomic E-state index is 0.000519. The van der Waals surface area contributed by atoms with Crippen LogP contribution in [0.15, 0.2) is 60.7 Å². The summed E-state index contributed by atoms with van der Waals surface area (Å²) in [6.07, 6.45) is 0.356. The van der Waals surface area contributed by atoms with Crippen LogP contribution in [0.1, 0.15) is 30.9 Å². The van der Waals surface area contributed by atoms with E-state index in [0.29, 0.717) is 19.5 Å². The monoisotopic (exact) mass is 407 g/mol. The van der Waals surface area contributed by atoms with Crippen molar-refractivity contribution in [2.75, 3.05) is 19.7 Å². The van der Waals surface area contributed by atoms with Gasteiger partial charge in [0.05, 0.1) is 24.6 Å². The fourth-order valence-corrected chi connectivity index (χ4v) is 4.98. The number of likely N-dealkylation sites (tertiary alicyclic amines) is 2. The average molecular weight is 408 g/mol. The van der Waals surface area contributed by atoms with Crippen molar-refractivity contribution in [2.45, 2.75) is 43.8 Å². The normalized spacial score (nSPS) is 21.9. The Balaban J connectivity index is 1.56. The van der Waals surface area contributed by atoms with Gasteiger partial charge in [0, 0.05) is 25.0 Å². The van der Waals surface area contributed by atoms with Gasteiger partial charge in [0.15, 0.2) is 0 Å². The molecule has 2 N–H and O–H groups in total. The number of nitrogens with zero attached hydrogens (tertiary/aromatic N) is 2. The van der Waals surface area contributed by atoms with Crippen molar-refractivity contribution >= 4 is 11.9 Å². The Labute approximate surface area is 177 Å². The van der Waals surface area contributed by atoms with E-state index < -0.39 is 5.54 Å². The van der Waals surface area contributed by atoms with Gasteiger partial charge in [-0.15, -0.1) is 0 Å². The van der Waals surface area contributed by atoms with Crippen molar-refractivity contribution in [1.82, 2.24) is 15.1 Å². The molecule has 4 rings (SSSR count). The predicted molar refractivity (Wildman–Crippen MR) is 115 cm³/mol. The van der Waals surface area contributed by atoms with Crippen molar-refractivity contribution in [2.24, 2.45) is 0 Å². The van der Waals surface area contributed by atoms with E-state index in [9.17, 15) is 14.7 Å². The molecule has 0 saturated carbocycles. The quantitative estimate of drug-likeness (QED) is 0.799. The first kappa shape index (κ1) is 20.4. The third kappa shape index (κ3) is 3.45. The lowest BCUT2D eigenvalue weighted by Gasteiger charge is -2.70. The predicted octanol–water partition coefficient (Wildman–Crippen LogP) is 2.39. The van der Waals surface area contributed by atoms with E-state index >= 15 is 0 Å². The van der Waals surface area contributed by atoms with Crippen LogP contribution in [-0.2, 0) is 11.2 Å². The van der Waals surface area contributed by atoms with E-state index in [4.69, 9.17) is 0 Å². The Morgan fingerprint density at radius 1 is 1.07 bits per heavy atom. The van der Waals surface area contributed by atoms with E-state index in [1.807, 2.05) is 79.4 Å². The summed E-state index contributed by atoms with van der Waals surface area (Å²) >= 11 is 0. The maximum Gasteiger partial charge on any atom is 0.318 e. The van der Waals surface area contributed by atoms with Crippen LogP contribution in [0.4, 0.5) is 4.79 Å². The molecule has 3 amide bonds. The van der Waals surface area contributed by atoms with Gasteiger partial charge in [0.1, 0.15) is 0 Å². The van der Waals surface area contributed by atoms with E-state index in [1.165, 1.54) is 0 Å². The molecule has 6 nitrogen and oxygen atoms in total. The zero-order valence-corrected chi connectivity index (χ0v) is 17.5. The first-order valence-corrected chi connectivity index (χ1v) is 10.5. The summed E-state index contributed by atoms with van der Waals surface area (Å²) in [5.41, 5.74) is 1.61. The molecule has 0 aliphatic carbocycles. The van der Waals surface area contributed by atoms with Gasteiger partial charge in [-0.1, -0.05) is 60.7 Å². The van der Waals surface area contributed by atoms with Gasteiger partial charge in [-0.2, -0.15) is 0 Å². The number of aliphatic hydroxyl groups excluding tert-OH is 1. The molecule has 158 valence electrons. The highest BCUT2D eigenvalue weighted by Gasteiger charge is 2.68. The van der Waals surface area contributed by atoms with Crippen molar-refractivity contribution in [3.05, 3.63) is 71.8 Å². The second kappa shape index (κ2) is 8.11. The Bertz CT molecular complexity index is 894. The number of rotatable bonds is 5. The molecule has 2 saturated heterocycles. The molecular weight excluding hydrogens is 378 g/mol. The Morgan fingerprint density at radius 2 is 1.67 bits per heavy atom. The summed E-state index contributed by atoms with van der Waals surface area (Å²) in [6, 6.07) is 19.2. The molecule has 0 bridgehead atoms. The summed E-state index contributed by atoms with van der Waals surface area (Å²) in [4.78, 5) is 29.4. The van der Waals surface area contributed by atoms with E-state index in [-0.39, 0.29) is 36.5 Å². The molecule has 2 aliphatic heterocycles. The minimum Gasteiger partial charge on any atom is -0.394 e. The Kier molecular flexibility index (Phi) is 5.52. The summed E-state index contributed by atoms with van der Waals surface area (Å²) in [6.45, 7) is 4.71. The molecule has 2 aromatic carbocycles. The molecule has 0 radical (unpaired) electrons. The van der Waals surface area contributed by atoms with Crippen molar-refractivity contribution < 1.29 is 14.7 Å². The first-order valence-electron chi connectivity index (χ1n) is 10.5. The highest BCUT2D eigenvalue weighted by Crippen LogP contribution is 2.53. The zero-order chi connectivity index (χ0) is 21.3. The molecule has 6 heteroatoms. The number of benzene rings is 2. The van der Waals surface area contributed by atoms with Crippen molar-refractivity contribution in [1.29, 1.82) is 0 Å². The Morgan fingerprint density at radius 3 is 2.23 bits per heavy atom. The van der Waals surface area contributed by atoms with Gasteiger partial charge in [0.2, 0.25) is 5.91 Å². The second-order valence-corrected chi connectivity index (χ2v) is 8.63. The molecule has 1 spiro atoms. The standard InChI is InChI=1S/C24H29N3O3/c1-17(2)25-23(30)27-20(14-28)22(19-11-7-4-8-12-19)24(27)15-26(16-24)21(29)13-18-9-5-3-6-10-18/h3-12,17,20,22,28H,13-16H2,1-2H3,(H,25,30)/t20-,22+/m0/s1. The average Bonchev–Trinajstić information content (AvgIpc) is 2.67. The van der Waals surface area contributed by atoms with Crippen LogP contribution in [0.2, 0.25) is 0 Å². The van der Waals surface area contributed by atoms with Crippen LogP contribution >= 0.6 is 0 Å². The van der Waals surface area contributed by atoms with Crippen LogP contribution in [0.3, 0.4) is 0 Å². The van der Waals surface area contributed by atoms with Crippen LogP contribution in [0.25, 0.3) is 0 Å². The van der Waals surface area contributed by atoms with Crippen LogP contribution in [0.5, 0.6) is 0 Å². The maximum absolute atomic E-state index is 13.0. The summed E-state index contributed by atoms with van der Waals surface area (Å²) in [7, 11) is 0. The summed E-state index contributed by atoms with van der Waals surface area (Å²) in [5.74, 6) is 0.0673. The van der Waals surface area contributed by atoms with Gasteiger partial charge >= 0.3 is 6.03 Å². The third-order valence-electron chi connectivity index (χ3n) is 6.23. The van der Waals surface area contributed by atoms with Gasteiger partial charge in [-0.25, -0.2) is 4.79 Å². The number of hydrogen-bond acceptors (Lipinski definition) is 3.